The zero-order valence-corrected chi connectivity index (χ0v) is 14.4. The molecule has 104 valence electrons. The fourth-order valence-corrected chi connectivity index (χ4v) is 3.94. The zero-order chi connectivity index (χ0) is 13.8. The maximum absolute atomic E-state index is 12.3. The summed E-state index contributed by atoms with van der Waals surface area (Å²) in [5.41, 5.74) is 0.600. The molecule has 5 heteroatoms. The van der Waals surface area contributed by atoms with E-state index in [1.54, 1.807) is 18.2 Å². The number of rotatable bonds is 2. The second kappa shape index (κ2) is 7.09. The van der Waals surface area contributed by atoms with E-state index in [-0.39, 0.29) is 11.9 Å². The third-order valence-corrected chi connectivity index (χ3v) is 5.14. The fourth-order valence-electron chi connectivity index (χ4n) is 2.36. The highest BCUT2D eigenvalue weighted by atomic mass is 79.9. The van der Waals surface area contributed by atoms with Gasteiger partial charge in [0.15, 0.2) is 0 Å². The normalized spacial score (nSPS) is 23.7. The van der Waals surface area contributed by atoms with Crippen molar-refractivity contribution in [3.8, 4) is 0 Å². The summed E-state index contributed by atoms with van der Waals surface area (Å²) < 4.78 is 0.821. The number of nitrogens with one attached hydrogen (secondary N) is 1. The van der Waals surface area contributed by atoms with E-state index >= 15 is 0 Å². The van der Waals surface area contributed by atoms with E-state index in [0.717, 1.165) is 17.3 Å². The number of carbonyl (C=O) groups excluding carboxylic acids is 1. The van der Waals surface area contributed by atoms with E-state index in [1.165, 1.54) is 19.3 Å². The number of benzene rings is 1. The lowest BCUT2D eigenvalue weighted by atomic mass is 10.1. The van der Waals surface area contributed by atoms with Crippen molar-refractivity contribution in [3.63, 3.8) is 0 Å². The van der Waals surface area contributed by atoms with Crippen LogP contribution in [-0.2, 0) is 0 Å². The van der Waals surface area contributed by atoms with Crippen LogP contribution in [0.15, 0.2) is 22.7 Å². The SMILES string of the molecule is O=C(NC1CCCCCC1Br)c1cc(Cl)cc(Br)c1. The van der Waals surface area contributed by atoms with Gasteiger partial charge in [-0.05, 0) is 31.0 Å². The molecule has 2 rings (SSSR count). The van der Waals surface area contributed by atoms with Crippen LogP contribution in [0, 0.1) is 0 Å². The largest absolute Gasteiger partial charge is 0.348 e. The lowest BCUT2D eigenvalue weighted by Crippen LogP contribution is -2.40. The van der Waals surface area contributed by atoms with Crippen molar-refractivity contribution >= 4 is 49.4 Å². The van der Waals surface area contributed by atoms with E-state index in [4.69, 9.17) is 11.6 Å². The van der Waals surface area contributed by atoms with E-state index in [9.17, 15) is 4.79 Å². The average Bonchev–Trinajstić information content (AvgIpc) is 2.54. The van der Waals surface area contributed by atoms with Crippen LogP contribution in [0.5, 0.6) is 0 Å². The molecule has 1 aromatic carbocycles. The lowest BCUT2D eigenvalue weighted by molar-refractivity contribution is 0.0935. The average molecular weight is 410 g/mol. The first-order valence-corrected chi connectivity index (χ1v) is 8.56. The molecule has 2 atom stereocenters. The molecule has 0 aromatic heterocycles. The summed E-state index contributed by atoms with van der Waals surface area (Å²) in [5, 5.41) is 3.68. The molecule has 0 bridgehead atoms. The van der Waals surface area contributed by atoms with Crippen LogP contribution in [0.4, 0.5) is 0 Å². The molecule has 1 saturated carbocycles. The predicted molar refractivity (Wildman–Crippen MR) is 86.2 cm³/mol. The van der Waals surface area contributed by atoms with Gasteiger partial charge in [-0.2, -0.15) is 0 Å². The zero-order valence-electron chi connectivity index (χ0n) is 10.5. The number of hydrogen-bond acceptors (Lipinski definition) is 1. The highest BCUT2D eigenvalue weighted by Gasteiger charge is 2.23. The van der Waals surface area contributed by atoms with Crippen molar-refractivity contribution in [1.29, 1.82) is 0 Å². The Morgan fingerprint density at radius 1 is 1.21 bits per heavy atom. The Bertz CT molecular complexity index is 447. The minimum Gasteiger partial charge on any atom is -0.348 e. The van der Waals surface area contributed by atoms with Crippen LogP contribution < -0.4 is 5.32 Å². The van der Waals surface area contributed by atoms with Gasteiger partial charge in [0, 0.05) is 25.9 Å². The Kier molecular flexibility index (Phi) is 5.72. The number of carbonyl (C=O) groups is 1. The van der Waals surface area contributed by atoms with Crippen LogP contribution in [-0.4, -0.2) is 16.8 Å². The summed E-state index contributed by atoms with van der Waals surface area (Å²) in [6.07, 6.45) is 5.79. The van der Waals surface area contributed by atoms with Crippen LogP contribution in [0.2, 0.25) is 5.02 Å². The van der Waals surface area contributed by atoms with Gasteiger partial charge in [0.25, 0.3) is 5.91 Å². The molecule has 0 radical (unpaired) electrons. The van der Waals surface area contributed by atoms with Gasteiger partial charge >= 0.3 is 0 Å². The van der Waals surface area contributed by atoms with E-state index in [0.29, 0.717) is 15.4 Å². The monoisotopic (exact) mass is 407 g/mol. The van der Waals surface area contributed by atoms with Crippen molar-refractivity contribution < 1.29 is 4.79 Å². The molecule has 1 N–H and O–H groups in total. The molecule has 0 aliphatic heterocycles. The minimum absolute atomic E-state index is 0.0560. The van der Waals surface area contributed by atoms with Crippen LogP contribution in [0.25, 0.3) is 0 Å². The molecule has 1 aliphatic rings. The van der Waals surface area contributed by atoms with Gasteiger partial charge in [-0.3, -0.25) is 4.79 Å². The standard InChI is InChI=1S/C14H16Br2ClNO/c15-10-6-9(7-11(17)8-10)14(19)18-13-5-3-1-2-4-12(13)16/h6-8,12-13H,1-5H2,(H,18,19). The number of alkyl halides is 1. The first-order chi connectivity index (χ1) is 9.06. The molecule has 0 heterocycles. The quantitative estimate of drug-likeness (QED) is 0.545. The molecular weight excluding hydrogens is 393 g/mol. The highest BCUT2D eigenvalue weighted by molar-refractivity contribution is 9.10. The molecule has 2 unspecified atom stereocenters. The van der Waals surface area contributed by atoms with Gasteiger partial charge < -0.3 is 5.32 Å². The Morgan fingerprint density at radius 2 is 1.95 bits per heavy atom. The maximum atomic E-state index is 12.3. The Labute approximate surface area is 135 Å². The smallest absolute Gasteiger partial charge is 0.251 e. The summed E-state index contributed by atoms with van der Waals surface area (Å²) >= 11 is 13.0. The van der Waals surface area contributed by atoms with Crippen LogP contribution >= 0.6 is 43.5 Å². The maximum Gasteiger partial charge on any atom is 0.251 e. The Hall–Kier alpha value is -0.0600. The van der Waals surface area contributed by atoms with Gasteiger partial charge in [-0.15, -0.1) is 0 Å². The first kappa shape index (κ1) is 15.3. The summed E-state index contributed by atoms with van der Waals surface area (Å²) in [5.74, 6) is -0.0560. The molecule has 1 aromatic rings. The summed E-state index contributed by atoms with van der Waals surface area (Å²) in [6, 6.07) is 5.47. The summed E-state index contributed by atoms with van der Waals surface area (Å²) in [7, 11) is 0. The third kappa shape index (κ3) is 4.47. The van der Waals surface area contributed by atoms with Gasteiger partial charge in [0.1, 0.15) is 0 Å². The Balaban J connectivity index is 2.07. The molecule has 0 spiro atoms. The topological polar surface area (TPSA) is 29.1 Å². The van der Waals surface area contributed by atoms with Gasteiger partial charge in [0.2, 0.25) is 0 Å². The van der Waals surface area contributed by atoms with Crippen molar-refractivity contribution in [3.05, 3.63) is 33.3 Å². The third-order valence-electron chi connectivity index (χ3n) is 3.37. The van der Waals surface area contributed by atoms with Crippen molar-refractivity contribution in [2.24, 2.45) is 0 Å². The molecule has 0 saturated heterocycles. The van der Waals surface area contributed by atoms with Gasteiger partial charge in [-0.25, -0.2) is 0 Å². The second-order valence-electron chi connectivity index (χ2n) is 4.89. The van der Waals surface area contributed by atoms with Gasteiger partial charge in [-0.1, -0.05) is 62.7 Å². The predicted octanol–water partition coefficient (Wildman–Crippen LogP) is 4.93. The van der Waals surface area contributed by atoms with E-state index in [2.05, 4.69) is 37.2 Å². The molecule has 1 amide bonds. The fraction of sp³-hybridized carbons (Fsp3) is 0.500. The van der Waals surface area contributed by atoms with Crippen LogP contribution in [0.1, 0.15) is 42.5 Å². The van der Waals surface area contributed by atoms with Crippen molar-refractivity contribution in [1.82, 2.24) is 5.32 Å². The summed E-state index contributed by atoms with van der Waals surface area (Å²) in [6.45, 7) is 0. The molecular formula is C14H16Br2ClNO. The first-order valence-electron chi connectivity index (χ1n) is 6.47. The van der Waals surface area contributed by atoms with Gasteiger partial charge in [0.05, 0.1) is 0 Å². The minimum atomic E-state index is -0.0560. The van der Waals surface area contributed by atoms with E-state index in [1.807, 2.05) is 0 Å². The van der Waals surface area contributed by atoms with Crippen LogP contribution in [0.3, 0.4) is 0 Å². The lowest BCUT2D eigenvalue weighted by Gasteiger charge is -2.21. The number of amides is 1. The molecule has 19 heavy (non-hydrogen) atoms. The summed E-state index contributed by atoms with van der Waals surface area (Å²) in [4.78, 5) is 12.6. The Morgan fingerprint density at radius 3 is 2.68 bits per heavy atom. The second-order valence-corrected chi connectivity index (χ2v) is 7.42. The number of halogens is 3. The van der Waals surface area contributed by atoms with Crippen molar-refractivity contribution in [2.75, 3.05) is 0 Å². The number of hydrogen-bond donors (Lipinski definition) is 1. The molecule has 2 nitrogen and oxygen atoms in total. The molecule has 1 fully saturated rings. The highest BCUT2D eigenvalue weighted by Crippen LogP contribution is 2.25. The van der Waals surface area contributed by atoms with E-state index < -0.39 is 0 Å². The van der Waals surface area contributed by atoms with Crippen molar-refractivity contribution in [2.45, 2.75) is 43.0 Å². The molecule has 1 aliphatic carbocycles.